The predicted molar refractivity (Wildman–Crippen MR) is 106 cm³/mol. The van der Waals surface area contributed by atoms with E-state index in [4.69, 9.17) is 4.52 Å². The number of aromatic nitrogens is 2. The highest BCUT2D eigenvalue weighted by molar-refractivity contribution is 5.82. The van der Waals surface area contributed by atoms with Gasteiger partial charge in [-0.05, 0) is 44.4 Å². The zero-order chi connectivity index (χ0) is 19.7. The lowest BCUT2D eigenvalue weighted by molar-refractivity contribution is -0.130. The van der Waals surface area contributed by atoms with Gasteiger partial charge in [-0.3, -0.25) is 9.78 Å². The van der Waals surface area contributed by atoms with Gasteiger partial charge in [0.05, 0.1) is 17.3 Å². The summed E-state index contributed by atoms with van der Waals surface area (Å²) in [7, 11) is 0. The highest BCUT2D eigenvalue weighted by Gasteiger charge is 2.34. The van der Waals surface area contributed by atoms with E-state index in [0.717, 1.165) is 34.3 Å². The predicted octanol–water partition coefficient (Wildman–Crippen LogP) is 2.83. The van der Waals surface area contributed by atoms with Gasteiger partial charge in [0.15, 0.2) is 0 Å². The number of likely N-dealkylation sites (tertiary alicyclic amines) is 1. The molecule has 1 N–H and O–H groups in total. The van der Waals surface area contributed by atoms with Gasteiger partial charge in [0, 0.05) is 42.6 Å². The van der Waals surface area contributed by atoms with Crippen molar-refractivity contribution in [3.05, 3.63) is 59.1 Å². The minimum atomic E-state index is -0.505. The minimum absolute atomic E-state index is 0.0359. The Morgan fingerprint density at radius 2 is 2.07 bits per heavy atom. The Hall–Kier alpha value is -2.73. The van der Waals surface area contributed by atoms with Crippen LogP contribution in [-0.2, 0) is 17.6 Å². The molecule has 0 saturated carbocycles. The van der Waals surface area contributed by atoms with E-state index in [9.17, 15) is 9.90 Å². The quantitative estimate of drug-likeness (QED) is 0.737. The number of aliphatic hydroxyl groups is 1. The Labute approximate surface area is 164 Å². The summed E-state index contributed by atoms with van der Waals surface area (Å²) in [6.45, 7) is 4.74. The number of hydrogen-bond acceptors (Lipinski definition) is 5. The van der Waals surface area contributed by atoms with Gasteiger partial charge in [-0.1, -0.05) is 23.4 Å². The van der Waals surface area contributed by atoms with Crippen molar-refractivity contribution in [2.24, 2.45) is 5.92 Å². The van der Waals surface area contributed by atoms with E-state index in [2.05, 4.69) is 16.2 Å². The Kier molecular flexibility index (Phi) is 5.13. The molecule has 146 valence electrons. The van der Waals surface area contributed by atoms with E-state index < -0.39 is 6.10 Å². The van der Waals surface area contributed by atoms with Crippen molar-refractivity contribution in [1.29, 1.82) is 0 Å². The van der Waals surface area contributed by atoms with Gasteiger partial charge in [-0.15, -0.1) is 0 Å². The molecule has 2 aromatic heterocycles. The van der Waals surface area contributed by atoms with Crippen LogP contribution in [0.4, 0.5) is 0 Å². The van der Waals surface area contributed by atoms with Crippen LogP contribution in [-0.4, -0.2) is 45.2 Å². The molecular weight excluding hydrogens is 354 g/mol. The number of fused-ring (bicyclic) bond motifs is 1. The molecule has 1 saturated heterocycles. The lowest BCUT2D eigenvalue weighted by atomic mass is 9.94. The molecule has 3 heterocycles. The van der Waals surface area contributed by atoms with Gasteiger partial charge in [0.25, 0.3) is 0 Å². The largest absolute Gasteiger partial charge is 0.391 e. The van der Waals surface area contributed by atoms with Crippen LogP contribution in [0.25, 0.3) is 10.9 Å². The average Bonchev–Trinajstić information content (AvgIpc) is 3.22. The standard InChI is InChI=1S/C22H25N3O3/c1-14-18(15(2)28-24-14)7-8-22(27)25-12-17(21(26)13-25)11-16-9-10-23-20-6-4-3-5-19(16)20/h3-6,9-10,17,21,26H,7-8,11-13H2,1-2H3/t17-,21-/m1/s1. The van der Waals surface area contributed by atoms with Gasteiger partial charge in [0.1, 0.15) is 5.76 Å². The molecule has 0 bridgehead atoms. The second kappa shape index (κ2) is 7.72. The molecule has 1 aromatic carbocycles. The molecule has 2 atom stereocenters. The Morgan fingerprint density at radius 3 is 2.86 bits per heavy atom. The number of para-hydroxylation sites is 1. The number of amides is 1. The van der Waals surface area contributed by atoms with Gasteiger partial charge in [0.2, 0.25) is 5.91 Å². The number of hydrogen-bond donors (Lipinski definition) is 1. The summed E-state index contributed by atoms with van der Waals surface area (Å²) in [6, 6.07) is 10.0. The summed E-state index contributed by atoms with van der Waals surface area (Å²) in [5, 5.41) is 15.6. The SMILES string of the molecule is Cc1noc(C)c1CCC(=O)N1C[C@@H](Cc2ccnc3ccccc23)[C@H](O)C1. The second-order valence-electron chi connectivity index (χ2n) is 7.62. The topological polar surface area (TPSA) is 79.5 Å². The smallest absolute Gasteiger partial charge is 0.223 e. The molecule has 0 radical (unpaired) electrons. The van der Waals surface area contributed by atoms with Crippen LogP contribution in [0.15, 0.2) is 41.1 Å². The molecule has 28 heavy (non-hydrogen) atoms. The third-order valence-corrected chi connectivity index (χ3v) is 5.75. The lowest BCUT2D eigenvalue weighted by Crippen LogP contribution is -2.29. The van der Waals surface area contributed by atoms with E-state index in [1.165, 1.54) is 5.56 Å². The summed E-state index contributed by atoms with van der Waals surface area (Å²) in [5.41, 5.74) is 3.97. The van der Waals surface area contributed by atoms with Crippen LogP contribution in [0, 0.1) is 19.8 Å². The first kappa shape index (κ1) is 18.6. The molecule has 1 amide bonds. The Balaban J connectivity index is 1.41. The van der Waals surface area contributed by atoms with Crippen LogP contribution in [0.5, 0.6) is 0 Å². The number of nitrogens with zero attached hydrogens (tertiary/aromatic N) is 3. The van der Waals surface area contributed by atoms with E-state index >= 15 is 0 Å². The molecule has 0 spiro atoms. The maximum absolute atomic E-state index is 12.7. The average molecular weight is 379 g/mol. The number of aryl methyl sites for hydroxylation is 2. The van der Waals surface area contributed by atoms with Gasteiger partial charge in [-0.25, -0.2) is 0 Å². The fraction of sp³-hybridized carbons (Fsp3) is 0.409. The van der Waals surface area contributed by atoms with Crippen molar-refractivity contribution < 1.29 is 14.4 Å². The van der Waals surface area contributed by atoms with Gasteiger partial charge in [-0.2, -0.15) is 0 Å². The third-order valence-electron chi connectivity index (χ3n) is 5.75. The van der Waals surface area contributed by atoms with E-state index in [1.807, 2.05) is 44.3 Å². The van der Waals surface area contributed by atoms with Crippen LogP contribution in [0.1, 0.15) is 29.0 Å². The van der Waals surface area contributed by atoms with Crippen LogP contribution >= 0.6 is 0 Å². The first-order valence-corrected chi connectivity index (χ1v) is 9.73. The Morgan fingerprint density at radius 1 is 1.25 bits per heavy atom. The maximum Gasteiger partial charge on any atom is 0.223 e. The molecule has 1 fully saturated rings. The summed E-state index contributed by atoms with van der Waals surface area (Å²) >= 11 is 0. The fourth-order valence-corrected chi connectivity index (χ4v) is 4.12. The maximum atomic E-state index is 12.7. The summed E-state index contributed by atoms with van der Waals surface area (Å²) in [4.78, 5) is 18.9. The first-order valence-electron chi connectivity index (χ1n) is 9.73. The highest BCUT2D eigenvalue weighted by atomic mass is 16.5. The molecular formula is C22H25N3O3. The van der Waals surface area contributed by atoms with E-state index in [1.54, 1.807) is 4.90 Å². The summed E-state index contributed by atoms with van der Waals surface area (Å²) in [6.07, 6.45) is 3.06. The first-order chi connectivity index (χ1) is 13.5. The van der Waals surface area contributed by atoms with Crippen LogP contribution in [0.2, 0.25) is 0 Å². The van der Waals surface area contributed by atoms with E-state index in [0.29, 0.717) is 25.9 Å². The number of rotatable bonds is 5. The normalized spacial score (nSPS) is 19.5. The van der Waals surface area contributed by atoms with Crippen molar-refractivity contribution >= 4 is 16.8 Å². The summed E-state index contributed by atoms with van der Waals surface area (Å²) in [5.74, 6) is 0.879. The van der Waals surface area contributed by atoms with Gasteiger partial charge >= 0.3 is 0 Å². The van der Waals surface area contributed by atoms with Crippen LogP contribution in [0.3, 0.4) is 0 Å². The Bertz CT molecular complexity index is 973. The highest BCUT2D eigenvalue weighted by Crippen LogP contribution is 2.26. The summed E-state index contributed by atoms with van der Waals surface area (Å²) < 4.78 is 5.17. The molecule has 6 nitrogen and oxygen atoms in total. The molecule has 4 rings (SSSR count). The van der Waals surface area contributed by atoms with Crippen molar-refractivity contribution in [3.63, 3.8) is 0 Å². The lowest BCUT2D eigenvalue weighted by Gasteiger charge is -2.16. The van der Waals surface area contributed by atoms with Gasteiger partial charge < -0.3 is 14.5 Å². The molecule has 6 heteroatoms. The number of carbonyl (C=O) groups is 1. The number of aliphatic hydroxyl groups excluding tert-OH is 1. The zero-order valence-corrected chi connectivity index (χ0v) is 16.3. The number of carbonyl (C=O) groups excluding carboxylic acids is 1. The van der Waals surface area contributed by atoms with Crippen molar-refractivity contribution in [2.75, 3.05) is 13.1 Å². The monoisotopic (exact) mass is 379 g/mol. The molecule has 0 aliphatic carbocycles. The van der Waals surface area contributed by atoms with Crippen LogP contribution < -0.4 is 0 Å². The fourth-order valence-electron chi connectivity index (χ4n) is 4.12. The zero-order valence-electron chi connectivity index (χ0n) is 16.3. The number of pyridine rings is 1. The molecule has 0 unspecified atom stereocenters. The molecule has 1 aliphatic rings. The second-order valence-corrected chi connectivity index (χ2v) is 7.62. The third kappa shape index (κ3) is 3.64. The molecule has 3 aromatic rings. The minimum Gasteiger partial charge on any atom is -0.391 e. The number of β-amino-alcohol motifs (C(OH)–C–C–N with tert-alkyl or cyclic N) is 1. The van der Waals surface area contributed by atoms with Crippen molar-refractivity contribution in [1.82, 2.24) is 15.0 Å². The van der Waals surface area contributed by atoms with Crippen molar-refractivity contribution in [2.45, 2.75) is 39.2 Å². The molecule has 1 aliphatic heterocycles. The van der Waals surface area contributed by atoms with E-state index in [-0.39, 0.29) is 11.8 Å². The van der Waals surface area contributed by atoms with Crippen molar-refractivity contribution in [3.8, 4) is 0 Å². The number of benzene rings is 1.